The molecule has 0 aromatic heterocycles. The van der Waals surface area contributed by atoms with E-state index < -0.39 is 15.9 Å². The number of nitrogens with one attached hydrogen (secondary N) is 2. The lowest BCUT2D eigenvalue weighted by Crippen LogP contribution is -2.38. The second-order valence-corrected chi connectivity index (χ2v) is 8.92. The van der Waals surface area contributed by atoms with Crippen LogP contribution < -0.4 is 14.8 Å². The van der Waals surface area contributed by atoms with E-state index in [4.69, 9.17) is 4.74 Å². The Balaban J connectivity index is 1.72. The van der Waals surface area contributed by atoms with Crippen molar-refractivity contribution in [1.29, 1.82) is 0 Å². The number of carbonyl (C=O) groups excluding carboxylic acids is 2. The molecule has 1 saturated heterocycles. The highest BCUT2D eigenvalue weighted by Crippen LogP contribution is 2.27. The molecule has 154 valence electrons. The average molecular weight is 410 g/mol. The van der Waals surface area contributed by atoms with E-state index in [9.17, 15) is 18.0 Å². The fourth-order valence-corrected chi connectivity index (χ4v) is 5.19. The fraction of sp³-hybridized carbons (Fsp3) is 0.579. The van der Waals surface area contributed by atoms with E-state index in [2.05, 4.69) is 10.0 Å². The number of nitrogens with zero attached hydrogens (tertiary/aromatic N) is 1. The number of methoxy groups -OCH3 is 1. The zero-order valence-corrected chi connectivity index (χ0v) is 16.9. The topological polar surface area (TPSA) is 105 Å². The number of ether oxygens (including phenoxy) is 1. The van der Waals surface area contributed by atoms with Gasteiger partial charge in [-0.3, -0.25) is 9.59 Å². The van der Waals surface area contributed by atoms with Gasteiger partial charge < -0.3 is 15.0 Å². The van der Waals surface area contributed by atoms with Crippen LogP contribution in [-0.2, 0) is 14.8 Å². The molecule has 1 saturated carbocycles. The van der Waals surface area contributed by atoms with Gasteiger partial charge in [-0.25, -0.2) is 13.1 Å². The smallest absolute Gasteiger partial charge is 0.251 e. The monoisotopic (exact) mass is 409 g/mol. The Hall–Kier alpha value is -2.13. The second-order valence-electron chi connectivity index (χ2n) is 7.24. The lowest BCUT2D eigenvalue weighted by atomic mass is 10.2. The molecule has 2 fully saturated rings. The summed E-state index contributed by atoms with van der Waals surface area (Å²) in [6, 6.07) is 4.15. The van der Waals surface area contributed by atoms with E-state index >= 15 is 0 Å². The third-order valence-corrected chi connectivity index (χ3v) is 6.79. The maximum atomic E-state index is 12.8. The standard InChI is InChI=1S/C19H27N3O5S/c1-27-16-9-8-14(19(24)20-13-18(23)22-10-4-5-11-22)12-17(16)28(25,26)21-15-6-2-3-7-15/h8-9,12,15,21H,2-7,10-11,13H2,1H3,(H,20,24). The zero-order chi connectivity index (χ0) is 20.1. The van der Waals surface area contributed by atoms with Crippen molar-refractivity contribution in [3.63, 3.8) is 0 Å². The van der Waals surface area contributed by atoms with Crippen LogP contribution in [0.15, 0.2) is 23.1 Å². The Morgan fingerprint density at radius 2 is 1.82 bits per heavy atom. The SMILES string of the molecule is COc1ccc(C(=O)NCC(=O)N2CCCC2)cc1S(=O)(=O)NC1CCCC1. The molecule has 28 heavy (non-hydrogen) atoms. The number of sulfonamides is 1. The summed E-state index contributed by atoms with van der Waals surface area (Å²) in [6.07, 6.45) is 5.57. The third kappa shape index (κ3) is 4.82. The first kappa shape index (κ1) is 20.6. The molecule has 1 heterocycles. The number of likely N-dealkylation sites (tertiary alicyclic amines) is 1. The lowest BCUT2D eigenvalue weighted by molar-refractivity contribution is -0.129. The molecule has 9 heteroatoms. The molecule has 1 aromatic carbocycles. The summed E-state index contributed by atoms with van der Waals surface area (Å²) in [5.41, 5.74) is 0.168. The molecule has 3 rings (SSSR count). The summed E-state index contributed by atoms with van der Waals surface area (Å²) in [6.45, 7) is 1.33. The van der Waals surface area contributed by atoms with Gasteiger partial charge in [-0.15, -0.1) is 0 Å². The van der Waals surface area contributed by atoms with Crippen LogP contribution in [0, 0.1) is 0 Å². The van der Waals surface area contributed by atoms with Crippen molar-refractivity contribution in [2.45, 2.75) is 49.5 Å². The molecular formula is C19H27N3O5S. The van der Waals surface area contributed by atoms with Crippen LogP contribution in [-0.4, -0.2) is 57.9 Å². The molecule has 1 aliphatic carbocycles. The number of carbonyl (C=O) groups is 2. The Labute approximate surface area is 165 Å². The van der Waals surface area contributed by atoms with E-state index in [-0.39, 0.29) is 34.7 Å². The first-order chi connectivity index (χ1) is 13.4. The molecule has 0 atom stereocenters. The summed E-state index contributed by atoms with van der Waals surface area (Å²) in [5, 5.41) is 2.58. The molecule has 0 bridgehead atoms. The minimum Gasteiger partial charge on any atom is -0.495 e. The van der Waals surface area contributed by atoms with Crippen LogP contribution in [0.1, 0.15) is 48.9 Å². The highest BCUT2D eigenvalue weighted by atomic mass is 32.2. The highest BCUT2D eigenvalue weighted by Gasteiger charge is 2.27. The molecule has 0 radical (unpaired) electrons. The van der Waals surface area contributed by atoms with Gasteiger partial charge in [0.15, 0.2) is 0 Å². The van der Waals surface area contributed by atoms with E-state index in [1.165, 1.54) is 25.3 Å². The van der Waals surface area contributed by atoms with Crippen molar-refractivity contribution in [2.75, 3.05) is 26.7 Å². The van der Waals surface area contributed by atoms with Crippen LogP contribution in [0.5, 0.6) is 5.75 Å². The van der Waals surface area contributed by atoms with Gasteiger partial charge in [0.2, 0.25) is 15.9 Å². The first-order valence-electron chi connectivity index (χ1n) is 9.67. The number of amides is 2. The van der Waals surface area contributed by atoms with Crippen molar-refractivity contribution in [1.82, 2.24) is 14.9 Å². The fourth-order valence-electron chi connectivity index (χ4n) is 3.69. The van der Waals surface area contributed by atoms with E-state index in [0.717, 1.165) is 38.5 Å². The van der Waals surface area contributed by atoms with E-state index in [1.807, 2.05) is 0 Å². The van der Waals surface area contributed by atoms with Gasteiger partial charge in [-0.1, -0.05) is 12.8 Å². The van der Waals surface area contributed by atoms with Crippen LogP contribution in [0.25, 0.3) is 0 Å². The van der Waals surface area contributed by atoms with Gasteiger partial charge in [0.05, 0.1) is 13.7 Å². The van der Waals surface area contributed by atoms with Crippen LogP contribution in [0.4, 0.5) is 0 Å². The van der Waals surface area contributed by atoms with Crippen molar-refractivity contribution >= 4 is 21.8 Å². The van der Waals surface area contributed by atoms with Crippen LogP contribution >= 0.6 is 0 Å². The molecule has 8 nitrogen and oxygen atoms in total. The van der Waals surface area contributed by atoms with Gasteiger partial charge in [-0.2, -0.15) is 0 Å². The minimum atomic E-state index is -3.82. The number of rotatable bonds is 7. The molecule has 1 aliphatic heterocycles. The summed E-state index contributed by atoms with van der Waals surface area (Å²) >= 11 is 0. The quantitative estimate of drug-likeness (QED) is 0.706. The van der Waals surface area contributed by atoms with Crippen LogP contribution in [0.2, 0.25) is 0 Å². The Kier molecular flexibility index (Phi) is 6.56. The van der Waals surface area contributed by atoms with Crippen molar-refractivity contribution in [3.05, 3.63) is 23.8 Å². The maximum Gasteiger partial charge on any atom is 0.251 e. The van der Waals surface area contributed by atoms with Gasteiger partial charge in [0.1, 0.15) is 10.6 Å². The summed E-state index contributed by atoms with van der Waals surface area (Å²) < 4.78 is 33.5. The number of hydrogen-bond acceptors (Lipinski definition) is 5. The normalized spacial score (nSPS) is 17.7. The molecule has 1 aromatic rings. The molecule has 0 unspecified atom stereocenters. The van der Waals surface area contributed by atoms with Gasteiger partial charge in [0.25, 0.3) is 5.91 Å². The Morgan fingerprint density at radius 3 is 2.46 bits per heavy atom. The van der Waals surface area contributed by atoms with Crippen molar-refractivity contribution in [2.24, 2.45) is 0 Å². The first-order valence-corrected chi connectivity index (χ1v) is 11.2. The van der Waals surface area contributed by atoms with Crippen LogP contribution in [0.3, 0.4) is 0 Å². The second kappa shape index (κ2) is 8.91. The van der Waals surface area contributed by atoms with Crippen molar-refractivity contribution < 1.29 is 22.7 Å². The zero-order valence-electron chi connectivity index (χ0n) is 16.1. The summed E-state index contributed by atoms with van der Waals surface area (Å²) in [4.78, 5) is 26.2. The highest BCUT2D eigenvalue weighted by molar-refractivity contribution is 7.89. The Morgan fingerprint density at radius 1 is 1.14 bits per heavy atom. The average Bonchev–Trinajstić information content (AvgIpc) is 3.39. The van der Waals surface area contributed by atoms with E-state index in [1.54, 1.807) is 4.90 Å². The molecule has 2 amide bonds. The summed E-state index contributed by atoms with van der Waals surface area (Å²) in [7, 11) is -2.43. The third-order valence-electron chi connectivity index (χ3n) is 5.25. The van der Waals surface area contributed by atoms with Gasteiger partial charge >= 0.3 is 0 Å². The predicted octanol–water partition coefficient (Wildman–Crippen LogP) is 1.27. The molecule has 0 spiro atoms. The minimum absolute atomic E-state index is 0.0691. The van der Waals surface area contributed by atoms with E-state index in [0.29, 0.717) is 13.1 Å². The van der Waals surface area contributed by atoms with Gasteiger partial charge in [-0.05, 0) is 43.9 Å². The summed E-state index contributed by atoms with van der Waals surface area (Å²) in [5.74, 6) is -0.446. The van der Waals surface area contributed by atoms with Crippen molar-refractivity contribution in [3.8, 4) is 5.75 Å². The molecule has 2 aliphatic rings. The molecular weight excluding hydrogens is 382 g/mol. The number of hydrogen-bond donors (Lipinski definition) is 2. The predicted molar refractivity (Wildman–Crippen MR) is 104 cm³/mol. The maximum absolute atomic E-state index is 12.8. The molecule has 2 N–H and O–H groups in total. The lowest BCUT2D eigenvalue weighted by Gasteiger charge is -2.17. The largest absolute Gasteiger partial charge is 0.495 e. The Bertz CT molecular complexity index is 828. The number of benzene rings is 1. The van der Waals surface area contributed by atoms with Gasteiger partial charge in [0, 0.05) is 24.7 Å².